The fourth-order valence-corrected chi connectivity index (χ4v) is 2.45. The van der Waals surface area contributed by atoms with Crippen LogP contribution in [0.2, 0.25) is 5.02 Å². The average Bonchev–Trinajstić information content (AvgIpc) is 2.90. The number of aliphatic hydroxyl groups is 1. The number of urea groups is 1. The van der Waals surface area contributed by atoms with Gasteiger partial charge in [-0.2, -0.15) is 0 Å². The van der Waals surface area contributed by atoms with Crippen molar-refractivity contribution >= 4 is 23.3 Å². The van der Waals surface area contributed by atoms with E-state index in [9.17, 15) is 9.18 Å². The second-order valence-electron chi connectivity index (χ2n) is 5.12. The number of nitrogens with one attached hydrogen (secondary N) is 1. The molecular weight excluding hydrogens is 297 g/mol. The lowest BCUT2D eigenvalue weighted by Gasteiger charge is -2.22. The molecule has 7 heteroatoms. The van der Waals surface area contributed by atoms with E-state index in [1.807, 2.05) is 4.90 Å². The summed E-state index contributed by atoms with van der Waals surface area (Å²) in [4.78, 5) is 15.3. The fourth-order valence-electron chi connectivity index (χ4n) is 2.33. The maximum Gasteiger partial charge on any atom is 0.317 e. The molecule has 1 unspecified atom stereocenters. The quantitative estimate of drug-likeness (QED) is 0.889. The zero-order valence-electron chi connectivity index (χ0n) is 11.9. The van der Waals surface area contributed by atoms with Crippen LogP contribution in [0.1, 0.15) is 6.42 Å². The van der Waals surface area contributed by atoms with Crippen LogP contribution < -0.4 is 10.2 Å². The topological polar surface area (TPSA) is 55.8 Å². The maximum atomic E-state index is 13.5. The summed E-state index contributed by atoms with van der Waals surface area (Å²) in [6.07, 6.45) is 0.795. The molecule has 116 valence electrons. The van der Waals surface area contributed by atoms with Crippen molar-refractivity contribution in [3.05, 3.63) is 29.0 Å². The van der Waals surface area contributed by atoms with Crippen molar-refractivity contribution in [2.24, 2.45) is 0 Å². The van der Waals surface area contributed by atoms with Gasteiger partial charge in [0.1, 0.15) is 5.82 Å². The van der Waals surface area contributed by atoms with Crippen LogP contribution in [0.15, 0.2) is 18.2 Å². The van der Waals surface area contributed by atoms with E-state index in [0.717, 1.165) is 18.7 Å². The molecule has 2 amide bonds. The Balaban J connectivity index is 1.91. The number of benzene rings is 1. The van der Waals surface area contributed by atoms with E-state index in [0.29, 0.717) is 13.1 Å². The third-order valence-electron chi connectivity index (χ3n) is 3.57. The summed E-state index contributed by atoms with van der Waals surface area (Å²) in [6.45, 7) is 1.60. The predicted molar refractivity (Wildman–Crippen MR) is 80.3 cm³/mol. The molecule has 1 heterocycles. The largest absolute Gasteiger partial charge is 0.395 e. The average molecular weight is 316 g/mol. The van der Waals surface area contributed by atoms with Gasteiger partial charge < -0.3 is 20.2 Å². The molecule has 1 atom stereocenters. The van der Waals surface area contributed by atoms with Crippen LogP contribution in [0.4, 0.5) is 14.9 Å². The second-order valence-corrected chi connectivity index (χ2v) is 5.53. The van der Waals surface area contributed by atoms with Gasteiger partial charge in [-0.15, -0.1) is 0 Å². The molecule has 1 aromatic rings. The molecule has 2 N–H and O–H groups in total. The third-order valence-corrected chi connectivity index (χ3v) is 3.87. The van der Waals surface area contributed by atoms with Gasteiger partial charge in [0.25, 0.3) is 0 Å². The van der Waals surface area contributed by atoms with Crippen LogP contribution in [0.3, 0.4) is 0 Å². The number of anilines is 1. The highest BCUT2D eigenvalue weighted by Gasteiger charge is 2.25. The highest BCUT2D eigenvalue weighted by atomic mass is 35.5. The van der Waals surface area contributed by atoms with E-state index in [-0.39, 0.29) is 23.7 Å². The van der Waals surface area contributed by atoms with Crippen molar-refractivity contribution in [3.8, 4) is 0 Å². The first-order chi connectivity index (χ1) is 10.0. The number of hydrogen-bond acceptors (Lipinski definition) is 3. The molecule has 21 heavy (non-hydrogen) atoms. The third kappa shape index (κ3) is 3.98. The number of hydrogen-bond donors (Lipinski definition) is 2. The van der Waals surface area contributed by atoms with E-state index in [2.05, 4.69) is 5.32 Å². The Morgan fingerprint density at radius 2 is 2.38 bits per heavy atom. The second kappa shape index (κ2) is 6.95. The van der Waals surface area contributed by atoms with E-state index in [1.165, 1.54) is 17.0 Å². The molecule has 0 spiro atoms. The Kier molecular flexibility index (Phi) is 5.25. The van der Waals surface area contributed by atoms with Crippen LogP contribution in [-0.4, -0.2) is 55.4 Å². The minimum atomic E-state index is -0.440. The molecule has 1 saturated heterocycles. The van der Waals surface area contributed by atoms with Gasteiger partial charge in [0.2, 0.25) is 0 Å². The summed E-state index contributed by atoms with van der Waals surface area (Å²) in [5, 5.41) is 11.8. The van der Waals surface area contributed by atoms with Gasteiger partial charge in [-0.05, 0) is 24.6 Å². The molecule has 0 saturated carbocycles. The van der Waals surface area contributed by atoms with E-state index < -0.39 is 5.82 Å². The molecule has 1 aliphatic rings. The van der Waals surface area contributed by atoms with Gasteiger partial charge >= 0.3 is 6.03 Å². The highest BCUT2D eigenvalue weighted by molar-refractivity contribution is 6.30. The number of likely N-dealkylation sites (N-methyl/N-ethyl adjacent to an activating group) is 1. The zero-order chi connectivity index (χ0) is 15.4. The molecule has 1 aromatic carbocycles. The van der Waals surface area contributed by atoms with Gasteiger partial charge in [-0.1, -0.05) is 11.6 Å². The fraction of sp³-hybridized carbons (Fsp3) is 0.500. The summed E-state index contributed by atoms with van der Waals surface area (Å²) < 4.78 is 13.5. The Bertz CT molecular complexity index is 515. The predicted octanol–water partition coefficient (Wildman–Crippen LogP) is 1.69. The van der Waals surface area contributed by atoms with Crippen molar-refractivity contribution < 1.29 is 14.3 Å². The van der Waals surface area contributed by atoms with E-state index in [4.69, 9.17) is 16.7 Å². The number of carbonyl (C=O) groups is 1. The van der Waals surface area contributed by atoms with Crippen LogP contribution in [0.25, 0.3) is 0 Å². The van der Waals surface area contributed by atoms with Crippen molar-refractivity contribution in [2.75, 3.05) is 38.2 Å². The van der Waals surface area contributed by atoms with Gasteiger partial charge in [0.15, 0.2) is 0 Å². The normalized spacial score (nSPS) is 17.9. The Hall–Kier alpha value is -1.53. The van der Waals surface area contributed by atoms with Crippen molar-refractivity contribution in [3.63, 3.8) is 0 Å². The zero-order valence-corrected chi connectivity index (χ0v) is 12.6. The first-order valence-electron chi connectivity index (χ1n) is 6.83. The summed E-state index contributed by atoms with van der Waals surface area (Å²) in [7, 11) is 1.63. The van der Waals surface area contributed by atoms with Crippen LogP contribution in [0.5, 0.6) is 0 Å². The smallest absolute Gasteiger partial charge is 0.317 e. The summed E-state index contributed by atoms with van der Waals surface area (Å²) in [5.41, 5.74) is 0.761. The van der Waals surface area contributed by atoms with Crippen molar-refractivity contribution in [1.82, 2.24) is 10.2 Å². The van der Waals surface area contributed by atoms with Gasteiger partial charge in [0.05, 0.1) is 11.6 Å². The molecule has 5 nitrogen and oxygen atoms in total. The number of amides is 2. The van der Waals surface area contributed by atoms with Gasteiger partial charge in [0, 0.05) is 38.4 Å². The number of halogens is 2. The lowest BCUT2D eigenvalue weighted by Crippen LogP contribution is -2.45. The lowest BCUT2D eigenvalue weighted by molar-refractivity contribution is 0.188. The van der Waals surface area contributed by atoms with E-state index in [1.54, 1.807) is 13.1 Å². The number of carbonyl (C=O) groups excluding carboxylic acids is 1. The standard InChI is InChI=1S/C14H19ClFN3O2/c1-18(6-7-20)14(21)17-10-4-5-19(9-10)11-2-3-12(15)13(16)8-11/h2-3,8,10,20H,4-7,9H2,1H3,(H,17,21). The molecule has 1 fully saturated rings. The first-order valence-corrected chi connectivity index (χ1v) is 7.21. The Labute approximate surface area is 128 Å². The Morgan fingerprint density at radius 3 is 3.05 bits per heavy atom. The Morgan fingerprint density at radius 1 is 1.62 bits per heavy atom. The number of nitrogens with zero attached hydrogens (tertiary/aromatic N) is 2. The minimum absolute atomic E-state index is 0.0115. The van der Waals surface area contributed by atoms with Gasteiger partial charge in [-0.25, -0.2) is 9.18 Å². The van der Waals surface area contributed by atoms with Crippen molar-refractivity contribution in [2.45, 2.75) is 12.5 Å². The highest BCUT2D eigenvalue weighted by Crippen LogP contribution is 2.25. The molecule has 0 bridgehead atoms. The van der Waals surface area contributed by atoms with Crippen LogP contribution >= 0.6 is 11.6 Å². The monoisotopic (exact) mass is 315 g/mol. The van der Waals surface area contributed by atoms with Crippen molar-refractivity contribution in [1.29, 1.82) is 0 Å². The van der Waals surface area contributed by atoms with Crippen LogP contribution in [-0.2, 0) is 0 Å². The minimum Gasteiger partial charge on any atom is -0.395 e. The molecule has 2 rings (SSSR count). The maximum absolute atomic E-state index is 13.5. The number of aliphatic hydroxyl groups excluding tert-OH is 1. The molecular formula is C14H19ClFN3O2. The molecule has 0 aromatic heterocycles. The van der Waals surface area contributed by atoms with Crippen LogP contribution in [0, 0.1) is 5.82 Å². The molecule has 0 radical (unpaired) electrons. The van der Waals surface area contributed by atoms with E-state index >= 15 is 0 Å². The molecule has 0 aliphatic carbocycles. The summed E-state index contributed by atoms with van der Waals surface area (Å²) in [6, 6.07) is 4.51. The summed E-state index contributed by atoms with van der Waals surface area (Å²) >= 11 is 5.67. The summed E-state index contributed by atoms with van der Waals surface area (Å²) in [5.74, 6) is -0.440. The number of rotatable bonds is 4. The van der Waals surface area contributed by atoms with Gasteiger partial charge in [-0.3, -0.25) is 0 Å². The SMILES string of the molecule is CN(CCO)C(=O)NC1CCN(c2ccc(Cl)c(F)c2)C1. The molecule has 1 aliphatic heterocycles. The first kappa shape index (κ1) is 15.9. The lowest BCUT2D eigenvalue weighted by atomic mass is 10.2.